The normalized spacial score (nSPS) is 10.7. The lowest BCUT2D eigenvalue weighted by molar-refractivity contribution is 0.0952. The van der Waals surface area contributed by atoms with Crippen LogP contribution >= 0.6 is 11.6 Å². The Hall–Kier alpha value is -2.11. The van der Waals surface area contributed by atoms with Gasteiger partial charge in [-0.15, -0.1) is 0 Å². The number of aromatic nitrogens is 1. The SMILES string of the molecule is Cc1cc(Cl)ccc1Nc1ccc(C(=O)NCCCN(C)C)cn1. The molecule has 0 unspecified atom stereocenters. The monoisotopic (exact) mass is 346 g/mol. The van der Waals surface area contributed by atoms with E-state index in [9.17, 15) is 4.79 Å². The Morgan fingerprint density at radius 1 is 1.25 bits per heavy atom. The van der Waals surface area contributed by atoms with E-state index in [1.165, 1.54) is 0 Å². The van der Waals surface area contributed by atoms with E-state index in [0.29, 0.717) is 22.9 Å². The first-order valence-electron chi connectivity index (χ1n) is 7.88. The number of nitrogens with one attached hydrogen (secondary N) is 2. The summed E-state index contributed by atoms with van der Waals surface area (Å²) in [5.41, 5.74) is 2.53. The molecule has 5 nitrogen and oxygen atoms in total. The van der Waals surface area contributed by atoms with E-state index in [1.54, 1.807) is 18.3 Å². The Kier molecular flexibility index (Phi) is 6.58. The topological polar surface area (TPSA) is 57.3 Å². The molecule has 6 heteroatoms. The third-order valence-electron chi connectivity index (χ3n) is 3.54. The molecule has 0 spiro atoms. The number of pyridine rings is 1. The molecule has 0 bridgehead atoms. The van der Waals surface area contributed by atoms with Crippen molar-refractivity contribution in [3.63, 3.8) is 0 Å². The zero-order chi connectivity index (χ0) is 17.5. The van der Waals surface area contributed by atoms with E-state index < -0.39 is 0 Å². The number of carbonyl (C=O) groups excluding carboxylic acids is 1. The fourth-order valence-corrected chi connectivity index (χ4v) is 2.43. The van der Waals surface area contributed by atoms with Crippen LogP contribution in [0.2, 0.25) is 5.02 Å². The van der Waals surface area contributed by atoms with Gasteiger partial charge in [-0.05, 0) is 69.9 Å². The van der Waals surface area contributed by atoms with Crippen molar-refractivity contribution in [3.05, 3.63) is 52.7 Å². The molecule has 0 saturated carbocycles. The fourth-order valence-electron chi connectivity index (χ4n) is 2.21. The average Bonchev–Trinajstić information content (AvgIpc) is 2.54. The average molecular weight is 347 g/mol. The molecule has 24 heavy (non-hydrogen) atoms. The molecule has 0 saturated heterocycles. The van der Waals surface area contributed by atoms with Crippen LogP contribution in [0.25, 0.3) is 0 Å². The minimum Gasteiger partial charge on any atom is -0.352 e. The number of nitrogens with zero attached hydrogens (tertiary/aromatic N) is 2. The van der Waals surface area contributed by atoms with Gasteiger partial charge in [0, 0.05) is 23.5 Å². The largest absolute Gasteiger partial charge is 0.352 e. The van der Waals surface area contributed by atoms with Gasteiger partial charge < -0.3 is 15.5 Å². The quantitative estimate of drug-likeness (QED) is 0.754. The molecule has 128 valence electrons. The molecule has 2 rings (SSSR count). The summed E-state index contributed by atoms with van der Waals surface area (Å²) in [6.45, 7) is 3.58. The molecular weight excluding hydrogens is 324 g/mol. The highest BCUT2D eigenvalue weighted by atomic mass is 35.5. The van der Waals surface area contributed by atoms with Crippen molar-refractivity contribution in [2.45, 2.75) is 13.3 Å². The highest BCUT2D eigenvalue weighted by Gasteiger charge is 2.06. The highest BCUT2D eigenvalue weighted by molar-refractivity contribution is 6.30. The van der Waals surface area contributed by atoms with Crippen LogP contribution in [0.1, 0.15) is 22.3 Å². The van der Waals surface area contributed by atoms with Gasteiger partial charge in [0.15, 0.2) is 0 Å². The van der Waals surface area contributed by atoms with Crippen LogP contribution in [0, 0.1) is 6.92 Å². The van der Waals surface area contributed by atoms with Gasteiger partial charge in [-0.1, -0.05) is 11.6 Å². The van der Waals surface area contributed by atoms with Crippen LogP contribution in [0.4, 0.5) is 11.5 Å². The van der Waals surface area contributed by atoms with Gasteiger partial charge >= 0.3 is 0 Å². The number of hydrogen-bond acceptors (Lipinski definition) is 4. The Labute approximate surface area is 148 Å². The maximum atomic E-state index is 12.1. The van der Waals surface area contributed by atoms with Gasteiger partial charge in [0.05, 0.1) is 5.56 Å². The smallest absolute Gasteiger partial charge is 0.252 e. The van der Waals surface area contributed by atoms with Gasteiger partial charge in [0.2, 0.25) is 0 Å². The van der Waals surface area contributed by atoms with Crippen molar-refractivity contribution in [3.8, 4) is 0 Å². The summed E-state index contributed by atoms with van der Waals surface area (Å²) in [4.78, 5) is 18.4. The number of benzene rings is 1. The first-order chi connectivity index (χ1) is 11.5. The number of aryl methyl sites for hydroxylation is 1. The highest BCUT2D eigenvalue weighted by Crippen LogP contribution is 2.22. The van der Waals surface area contributed by atoms with Gasteiger partial charge in [-0.25, -0.2) is 4.98 Å². The summed E-state index contributed by atoms with van der Waals surface area (Å²) >= 11 is 5.95. The second-order valence-corrected chi connectivity index (χ2v) is 6.37. The van der Waals surface area contributed by atoms with Gasteiger partial charge in [-0.2, -0.15) is 0 Å². The number of halogens is 1. The zero-order valence-electron chi connectivity index (χ0n) is 14.3. The predicted molar refractivity (Wildman–Crippen MR) is 99.2 cm³/mol. The molecule has 2 N–H and O–H groups in total. The number of rotatable bonds is 7. The predicted octanol–water partition coefficient (Wildman–Crippen LogP) is 3.47. The maximum absolute atomic E-state index is 12.1. The van der Waals surface area contributed by atoms with Crippen molar-refractivity contribution < 1.29 is 4.79 Å². The third kappa shape index (κ3) is 5.51. The molecule has 0 fully saturated rings. The Balaban J connectivity index is 1.91. The Morgan fingerprint density at radius 3 is 2.67 bits per heavy atom. The Bertz CT molecular complexity index is 686. The molecule has 0 radical (unpaired) electrons. The summed E-state index contributed by atoms with van der Waals surface area (Å²) < 4.78 is 0. The zero-order valence-corrected chi connectivity index (χ0v) is 15.0. The minimum absolute atomic E-state index is 0.101. The number of carbonyl (C=O) groups is 1. The number of hydrogen-bond donors (Lipinski definition) is 2. The lowest BCUT2D eigenvalue weighted by atomic mass is 10.2. The second kappa shape index (κ2) is 8.66. The van der Waals surface area contributed by atoms with Crippen molar-refractivity contribution in [2.75, 3.05) is 32.5 Å². The van der Waals surface area contributed by atoms with Crippen LogP contribution in [0.3, 0.4) is 0 Å². The summed E-state index contributed by atoms with van der Waals surface area (Å²) in [6.07, 6.45) is 2.50. The van der Waals surface area contributed by atoms with E-state index in [1.807, 2.05) is 39.2 Å². The molecule has 0 aliphatic heterocycles. The molecule has 1 heterocycles. The summed E-state index contributed by atoms with van der Waals surface area (Å²) in [6, 6.07) is 9.18. The van der Waals surface area contributed by atoms with Crippen molar-refractivity contribution in [1.29, 1.82) is 0 Å². The first-order valence-corrected chi connectivity index (χ1v) is 8.25. The third-order valence-corrected chi connectivity index (χ3v) is 3.78. The van der Waals surface area contributed by atoms with E-state index in [-0.39, 0.29) is 5.91 Å². The van der Waals surface area contributed by atoms with Crippen LogP contribution in [-0.4, -0.2) is 43.0 Å². The van der Waals surface area contributed by atoms with Gasteiger partial charge in [-0.3, -0.25) is 4.79 Å². The van der Waals surface area contributed by atoms with Crippen LogP contribution < -0.4 is 10.6 Å². The van der Waals surface area contributed by atoms with Crippen LogP contribution in [0.5, 0.6) is 0 Å². The van der Waals surface area contributed by atoms with E-state index in [0.717, 1.165) is 24.2 Å². The number of anilines is 2. The van der Waals surface area contributed by atoms with E-state index in [4.69, 9.17) is 11.6 Å². The lowest BCUT2D eigenvalue weighted by Gasteiger charge is -2.11. The molecule has 1 amide bonds. The van der Waals surface area contributed by atoms with Crippen molar-refractivity contribution in [1.82, 2.24) is 15.2 Å². The van der Waals surface area contributed by atoms with Gasteiger partial charge in [0.25, 0.3) is 5.91 Å². The second-order valence-electron chi connectivity index (χ2n) is 5.93. The molecule has 1 aromatic carbocycles. The van der Waals surface area contributed by atoms with E-state index in [2.05, 4.69) is 20.5 Å². The molecule has 2 aromatic rings. The molecule has 0 aliphatic carbocycles. The Morgan fingerprint density at radius 2 is 2.04 bits per heavy atom. The summed E-state index contributed by atoms with van der Waals surface area (Å²) in [7, 11) is 4.03. The molecule has 1 aromatic heterocycles. The fraction of sp³-hybridized carbons (Fsp3) is 0.333. The summed E-state index contributed by atoms with van der Waals surface area (Å²) in [5, 5.41) is 6.82. The van der Waals surface area contributed by atoms with Crippen molar-refractivity contribution >= 4 is 29.0 Å². The standard InChI is InChI=1S/C18H23ClN4O/c1-13-11-15(19)6-7-16(13)22-17-8-5-14(12-21-17)18(24)20-9-4-10-23(2)3/h5-8,11-12H,4,9-10H2,1-3H3,(H,20,24)(H,21,22). The first kappa shape index (κ1) is 18.2. The number of amides is 1. The van der Waals surface area contributed by atoms with Gasteiger partial charge in [0.1, 0.15) is 5.82 Å². The minimum atomic E-state index is -0.101. The van der Waals surface area contributed by atoms with E-state index >= 15 is 0 Å². The van der Waals surface area contributed by atoms with Crippen molar-refractivity contribution in [2.24, 2.45) is 0 Å². The summed E-state index contributed by atoms with van der Waals surface area (Å²) in [5.74, 6) is 0.583. The molecule has 0 aliphatic rings. The molecular formula is C18H23ClN4O. The molecule has 0 atom stereocenters. The maximum Gasteiger partial charge on any atom is 0.252 e. The lowest BCUT2D eigenvalue weighted by Crippen LogP contribution is -2.27. The van der Waals surface area contributed by atoms with Crippen LogP contribution in [-0.2, 0) is 0 Å². The van der Waals surface area contributed by atoms with Crippen LogP contribution in [0.15, 0.2) is 36.5 Å².